The predicted molar refractivity (Wildman–Crippen MR) is 74.1 cm³/mol. The molecule has 2 fully saturated rings. The monoisotopic (exact) mass is 252 g/mol. The van der Waals surface area contributed by atoms with E-state index in [1.54, 1.807) is 0 Å². The van der Waals surface area contributed by atoms with E-state index in [0.29, 0.717) is 23.9 Å². The van der Waals surface area contributed by atoms with Gasteiger partial charge in [-0.2, -0.15) is 0 Å². The van der Waals surface area contributed by atoms with Crippen LogP contribution in [-0.2, 0) is 4.79 Å². The van der Waals surface area contributed by atoms with E-state index >= 15 is 0 Å². The van der Waals surface area contributed by atoms with Gasteiger partial charge >= 0.3 is 0 Å². The van der Waals surface area contributed by atoms with Crippen molar-refractivity contribution in [1.29, 1.82) is 0 Å². The van der Waals surface area contributed by atoms with Crippen LogP contribution in [0.15, 0.2) is 0 Å². The van der Waals surface area contributed by atoms with Crippen LogP contribution in [0.5, 0.6) is 0 Å². The number of hydrogen-bond donors (Lipinski definition) is 1. The molecule has 3 nitrogen and oxygen atoms in total. The van der Waals surface area contributed by atoms with Crippen molar-refractivity contribution in [3.63, 3.8) is 0 Å². The molecule has 3 unspecified atom stereocenters. The van der Waals surface area contributed by atoms with E-state index in [2.05, 4.69) is 25.7 Å². The Morgan fingerprint density at radius 3 is 2.11 bits per heavy atom. The Balaban J connectivity index is 2.13. The van der Waals surface area contributed by atoms with Crippen LogP contribution in [0.25, 0.3) is 0 Å². The lowest BCUT2D eigenvalue weighted by Gasteiger charge is -2.44. The Bertz CT molecular complexity index is 257. The van der Waals surface area contributed by atoms with Crippen molar-refractivity contribution in [3.05, 3.63) is 0 Å². The fourth-order valence-electron chi connectivity index (χ4n) is 3.91. The summed E-state index contributed by atoms with van der Waals surface area (Å²) < 4.78 is 0. The number of hydrogen-bond acceptors (Lipinski definition) is 2. The molecular weight excluding hydrogens is 224 g/mol. The van der Waals surface area contributed by atoms with Crippen LogP contribution in [0, 0.1) is 11.8 Å². The molecule has 2 aliphatic rings. The van der Waals surface area contributed by atoms with E-state index in [9.17, 15) is 4.79 Å². The third-order valence-corrected chi connectivity index (χ3v) is 5.00. The molecule has 1 amide bonds. The Morgan fingerprint density at radius 2 is 1.56 bits per heavy atom. The summed E-state index contributed by atoms with van der Waals surface area (Å²) >= 11 is 0. The summed E-state index contributed by atoms with van der Waals surface area (Å²) in [4.78, 5) is 15.0. The van der Waals surface area contributed by atoms with Crippen molar-refractivity contribution < 1.29 is 4.79 Å². The van der Waals surface area contributed by atoms with Gasteiger partial charge in [-0.25, -0.2) is 0 Å². The summed E-state index contributed by atoms with van der Waals surface area (Å²) in [6.45, 7) is 6.57. The number of rotatable bonds is 1. The zero-order valence-electron chi connectivity index (χ0n) is 12.1. The van der Waals surface area contributed by atoms with Gasteiger partial charge < -0.3 is 10.6 Å². The minimum absolute atomic E-state index is 0.0572. The van der Waals surface area contributed by atoms with Gasteiger partial charge in [0.2, 0.25) is 5.91 Å². The molecule has 0 aromatic heterocycles. The van der Waals surface area contributed by atoms with Crippen LogP contribution >= 0.6 is 0 Å². The number of amides is 1. The van der Waals surface area contributed by atoms with E-state index in [-0.39, 0.29) is 12.0 Å². The minimum Gasteiger partial charge on any atom is -0.337 e. The molecule has 0 bridgehead atoms. The Hall–Kier alpha value is -0.570. The SMILES string of the molecule is CC1CCCC(N)C1C(=O)N1[C@H](C)CCC[C@@H]1C. The fraction of sp³-hybridized carbons (Fsp3) is 0.933. The second kappa shape index (κ2) is 5.60. The number of likely N-dealkylation sites (tertiary alicyclic amines) is 1. The second-order valence-corrected chi connectivity index (χ2v) is 6.47. The zero-order valence-corrected chi connectivity index (χ0v) is 12.1. The highest BCUT2D eigenvalue weighted by Crippen LogP contribution is 2.33. The molecule has 0 aromatic carbocycles. The largest absolute Gasteiger partial charge is 0.337 e. The van der Waals surface area contributed by atoms with Crippen molar-refractivity contribution >= 4 is 5.91 Å². The van der Waals surface area contributed by atoms with Crippen LogP contribution in [-0.4, -0.2) is 28.9 Å². The van der Waals surface area contributed by atoms with Crippen molar-refractivity contribution in [2.45, 2.75) is 77.4 Å². The average Bonchev–Trinajstić information content (AvgIpc) is 2.28. The van der Waals surface area contributed by atoms with Crippen molar-refractivity contribution in [3.8, 4) is 0 Å². The topological polar surface area (TPSA) is 46.3 Å². The lowest BCUT2D eigenvalue weighted by molar-refractivity contribution is -0.145. The van der Waals surface area contributed by atoms with Crippen LogP contribution < -0.4 is 5.73 Å². The standard InChI is InChI=1S/C15H28N2O/c1-10-6-4-9-13(16)14(10)15(18)17-11(2)7-5-8-12(17)3/h10-14H,4-9,16H2,1-3H3/t10?,11-,12+,13?,14?. The van der Waals surface area contributed by atoms with Gasteiger partial charge in [0.1, 0.15) is 0 Å². The summed E-state index contributed by atoms with van der Waals surface area (Å²) in [6.07, 6.45) is 6.88. The first-order chi connectivity index (χ1) is 8.52. The third-order valence-electron chi connectivity index (χ3n) is 5.00. The first kappa shape index (κ1) is 13.9. The van der Waals surface area contributed by atoms with Gasteiger partial charge in [0.15, 0.2) is 0 Å². The molecule has 2 rings (SSSR count). The van der Waals surface area contributed by atoms with Gasteiger partial charge in [-0.3, -0.25) is 4.79 Å². The Labute approximate surface area is 111 Å². The van der Waals surface area contributed by atoms with Crippen molar-refractivity contribution in [1.82, 2.24) is 4.90 Å². The molecule has 1 aliphatic heterocycles. The van der Waals surface area contributed by atoms with Gasteiger partial charge in [-0.15, -0.1) is 0 Å². The second-order valence-electron chi connectivity index (χ2n) is 6.47. The molecule has 1 aliphatic carbocycles. The van der Waals surface area contributed by atoms with Crippen LogP contribution in [0.4, 0.5) is 0 Å². The molecule has 1 saturated heterocycles. The number of nitrogens with two attached hydrogens (primary N) is 1. The highest BCUT2D eigenvalue weighted by Gasteiger charge is 2.40. The van der Waals surface area contributed by atoms with Gasteiger partial charge in [0, 0.05) is 18.1 Å². The Kier molecular flexibility index (Phi) is 4.31. The lowest BCUT2D eigenvalue weighted by Crippen LogP contribution is -2.55. The summed E-state index contributed by atoms with van der Waals surface area (Å²) in [5.41, 5.74) is 6.22. The van der Waals surface area contributed by atoms with E-state index in [0.717, 1.165) is 25.7 Å². The quantitative estimate of drug-likeness (QED) is 0.779. The number of nitrogens with zero attached hydrogens (tertiary/aromatic N) is 1. The molecule has 2 N–H and O–H groups in total. The summed E-state index contributed by atoms with van der Waals surface area (Å²) in [5.74, 6) is 0.832. The first-order valence-electron chi connectivity index (χ1n) is 7.60. The predicted octanol–water partition coefficient (Wildman–Crippen LogP) is 2.54. The van der Waals surface area contributed by atoms with E-state index in [4.69, 9.17) is 5.73 Å². The van der Waals surface area contributed by atoms with E-state index in [1.165, 1.54) is 12.8 Å². The highest BCUT2D eigenvalue weighted by molar-refractivity contribution is 5.80. The molecule has 5 atom stereocenters. The molecule has 0 radical (unpaired) electrons. The molecule has 0 aromatic rings. The summed E-state index contributed by atoms with van der Waals surface area (Å²) in [7, 11) is 0. The normalized spacial score (nSPS) is 41.8. The van der Waals surface area contributed by atoms with Crippen LogP contribution in [0.3, 0.4) is 0 Å². The third kappa shape index (κ3) is 2.56. The van der Waals surface area contributed by atoms with Crippen molar-refractivity contribution in [2.75, 3.05) is 0 Å². The summed E-state index contributed by atoms with van der Waals surface area (Å²) in [6, 6.07) is 0.854. The van der Waals surface area contributed by atoms with Gasteiger partial charge in [0.25, 0.3) is 0 Å². The van der Waals surface area contributed by atoms with Crippen LogP contribution in [0.2, 0.25) is 0 Å². The zero-order chi connectivity index (χ0) is 13.3. The molecule has 1 heterocycles. The fourth-order valence-corrected chi connectivity index (χ4v) is 3.91. The summed E-state index contributed by atoms with van der Waals surface area (Å²) in [5, 5.41) is 0. The number of carbonyl (C=O) groups excluding carboxylic acids is 1. The molecule has 18 heavy (non-hydrogen) atoms. The van der Waals surface area contributed by atoms with Gasteiger partial charge in [-0.05, 0) is 51.9 Å². The maximum Gasteiger partial charge on any atom is 0.227 e. The Morgan fingerprint density at radius 1 is 1.00 bits per heavy atom. The first-order valence-corrected chi connectivity index (χ1v) is 7.60. The maximum absolute atomic E-state index is 12.8. The van der Waals surface area contributed by atoms with Gasteiger partial charge in [-0.1, -0.05) is 13.3 Å². The maximum atomic E-state index is 12.8. The van der Waals surface area contributed by atoms with Gasteiger partial charge in [0.05, 0.1) is 5.92 Å². The minimum atomic E-state index is 0.0572. The van der Waals surface area contributed by atoms with E-state index in [1.807, 2.05) is 0 Å². The molecule has 104 valence electrons. The van der Waals surface area contributed by atoms with E-state index < -0.39 is 0 Å². The average molecular weight is 252 g/mol. The smallest absolute Gasteiger partial charge is 0.227 e. The number of piperidine rings is 1. The molecule has 0 spiro atoms. The number of carbonyl (C=O) groups is 1. The molecular formula is C15H28N2O. The molecule has 1 saturated carbocycles. The molecule has 3 heteroatoms. The lowest BCUT2D eigenvalue weighted by atomic mass is 9.75. The van der Waals surface area contributed by atoms with Crippen LogP contribution in [0.1, 0.15) is 59.3 Å². The van der Waals surface area contributed by atoms with Crippen molar-refractivity contribution in [2.24, 2.45) is 17.6 Å². The highest BCUT2D eigenvalue weighted by atomic mass is 16.2.